The molecule has 92 valence electrons. The lowest BCUT2D eigenvalue weighted by atomic mass is 10.2. The van der Waals surface area contributed by atoms with E-state index < -0.39 is 6.10 Å². The first-order valence-electron chi connectivity index (χ1n) is 5.12. The molecule has 0 aromatic heterocycles. The molecule has 17 heavy (non-hydrogen) atoms. The summed E-state index contributed by atoms with van der Waals surface area (Å²) in [6.45, 7) is -0.346. The van der Waals surface area contributed by atoms with Crippen molar-refractivity contribution in [3.05, 3.63) is 40.9 Å². The lowest BCUT2D eigenvalue weighted by molar-refractivity contribution is -0.117. The Morgan fingerprint density at radius 3 is 2.65 bits per heavy atom. The van der Waals surface area contributed by atoms with Crippen LogP contribution in [0.1, 0.15) is 5.56 Å². The molecule has 0 saturated heterocycles. The normalized spacial score (nSPS) is 12.6. The number of rotatable bonds is 5. The van der Waals surface area contributed by atoms with Gasteiger partial charge in [-0.2, -0.15) is 0 Å². The summed E-state index contributed by atoms with van der Waals surface area (Å²) in [6, 6.07) is 7.03. The number of carbonyl (C=O) groups is 1. The van der Waals surface area contributed by atoms with Gasteiger partial charge in [0.15, 0.2) is 0 Å². The Bertz CT molecular complexity index is 389. The molecular formula is C12H14ClNO3. The van der Waals surface area contributed by atoms with Crippen LogP contribution in [0.15, 0.2) is 30.3 Å². The summed E-state index contributed by atoms with van der Waals surface area (Å²) in [5.74, 6) is -0.326. The second kappa shape index (κ2) is 7.06. The minimum Gasteiger partial charge on any atom is -0.394 e. The predicted molar refractivity (Wildman–Crippen MR) is 66.6 cm³/mol. The first-order chi connectivity index (χ1) is 8.11. The summed E-state index contributed by atoms with van der Waals surface area (Å²) < 4.78 is 0. The maximum atomic E-state index is 11.3. The van der Waals surface area contributed by atoms with Crippen LogP contribution in [0, 0.1) is 0 Å². The van der Waals surface area contributed by atoms with Crippen molar-refractivity contribution < 1.29 is 15.0 Å². The largest absolute Gasteiger partial charge is 0.394 e. The van der Waals surface area contributed by atoms with Crippen molar-refractivity contribution in [3.63, 3.8) is 0 Å². The topological polar surface area (TPSA) is 69.6 Å². The summed E-state index contributed by atoms with van der Waals surface area (Å²) in [4.78, 5) is 11.3. The van der Waals surface area contributed by atoms with Crippen molar-refractivity contribution in [1.29, 1.82) is 0 Å². The molecule has 1 rings (SSSR count). The molecule has 0 saturated carbocycles. The van der Waals surface area contributed by atoms with E-state index in [1.165, 1.54) is 6.08 Å². The Labute approximate surface area is 105 Å². The van der Waals surface area contributed by atoms with E-state index in [-0.39, 0.29) is 19.1 Å². The highest BCUT2D eigenvalue weighted by molar-refractivity contribution is 6.30. The fourth-order valence-electron chi connectivity index (χ4n) is 1.09. The van der Waals surface area contributed by atoms with Gasteiger partial charge in [0.2, 0.25) is 5.91 Å². The van der Waals surface area contributed by atoms with E-state index in [0.29, 0.717) is 5.02 Å². The van der Waals surface area contributed by atoms with Gasteiger partial charge in [-0.05, 0) is 23.8 Å². The Morgan fingerprint density at radius 2 is 2.06 bits per heavy atom. The van der Waals surface area contributed by atoms with Crippen molar-refractivity contribution in [2.24, 2.45) is 0 Å². The van der Waals surface area contributed by atoms with Gasteiger partial charge in [-0.3, -0.25) is 4.79 Å². The van der Waals surface area contributed by atoms with Gasteiger partial charge in [0.1, 0.15) is 0 Å². The Morgan fingerprint density at radius 1 is 1.41 bits per heavy atom. The van der Waals surface area contributed by atoms with Crippen LogP contribution in [0.4, 0.5) is 0 Å². The van der Waals surface area contributed by atoms with Crippen molar-refractivity contribution >= 4 is 23.6 Å². The van der Waals surface area contributed by atoms with Crippen LogP contribution < -0.4 is 5.32 Å². The van der Waals surface area contributed by atoms with Gasteiger partial charge >= 0.3 is 0 Å². The molecule has 0 heterocycles. The van der Waals surface area contributed by atoms with Crippen molar-refractivity contribution in [2.45, 2.75) is 6.10 Å². The Balaban J connectivity index is 2.42. The molecule has 0 spiro atoms. The highest BCUT2D eigenvalue weighted by atomic mass is 35.5. The molecule has 0 aliphatic rings. The Kier molecular flexibility index (Phi) is 5.69. The summed E-state index contributed by atoms with van der Waals surface area (Å²) in [6.07, 6.45) is 2.06. The summed E-state index contributed by atoms with van der Waals surface area (Å²) >= 11 is 5.72. The molecule has 0 aliphatic carbocycles. The molecule has 0 aliphatic heterocycles. The van der Waals surface area contributed by atoms with Crippen LogP contribution in [0.5, 0.6) is 0 Å². The van der Waals surface area contributed by atoms with E-state index in [1.807, 2.05) is 0 Å². The number of benzene rings is 1. The zero-order valence-electron chi connectivity index (χ0n) is 9.14. The molecule has 0 bridgehead atoms. The molecule has 0 radical (unpaired) electrons. The first-order valence-corrected chi connectivity index (χ1v) is 5.50. The lowest BCUT2D eigenvalue weighted by Crippen LogP contribution is -2.32. The molecule has 1 aromatic carbocycles. The van der Waals surface area contributed by atoms with E-state index in [9.17, 15) is 4.79 Å². The predicted octanol–water partition coefficient (Wildman–Crippen LogP) is 0.823. The van der Waals surface area contributed by atoms with Gasteiger partial charge in [-0.15, -0.1) is 0 Å². The summed E-state index contributed by atoms with van der Waals surface area (Å²) in [5, 5.41) is 20.7. The molecule has 1 atom stereocenters. The molecule has 0 fully saturated rings. The molecule has 3 N–H and O–H groups in total. The number of hydrogen-bond donors (Lipinski definition) is 3. The van der Waals surface area contributed by atoms with E-state index >= 15 is 0 Å². The fourth-order valence-corrected chi connectivity index (χ4v) is 1.21. The lowest BCUT2D eigenvalue weighted by Gasteiger charge is -2.06. The SMILES string of the molecule is O=C(/C=C/c1ccc(Cl)cc1)NC[C@@H](O)CO. The van der Waals surface area contributed by atoms with Gasteiger partial charge in [0.25, 0.3) is 0 Å². The van der Waals surface area contributed by atoms with E-state index in [2.05, 4.69) is 5.32 Å². The fraction of sp³-hybridized carbons (Fsp3) is 0.250. The second-order valence-electron chi connectivity index (χ2n) is 3.47. The minimum atomic E-state index is -0.928. The number of nitrogens with one attached hydrogen (secondary N) is 1. The third-order valence-electron chi connectivity index (χ3n) is 2.02. The second-order valence-corrected chi connectivity index (χ2v) is 3.90. The van der Waals surface area contributed by atoms with Crippen LogP contribution in [-0.4, -0.2) is 35.4 Å². The molecule has 0 unspecified atom stereocenters. The van der Waals surface area contributed by atoms with E-state index in [4.69, 9.17) is 21.8 Å². The minimum absolute atomic E-state index is 0.0281. The number of carbonyl (C=O) groups excluding carboxylic acids is 1. The van der Waals surface area contributed by atoms with Gasteiger partial charge in [-0.1, -0.05) is 23.7 Å². The average molecular weight is 256 g/mol. The molecule has 1 aromatic rings. The van der Waals surface area contributed by atoms with Crippen LogP contribution in [0.2, 0.25) is 5.02 Å². The van der Waals surface area contributed by atoms with Crippen LogP contribution in [0.25, 0.3) is 6.08 Å². The van der Waals surface area contributed by atoms with E-state index in [0.717, 1.165) is 5.56 Å². The van der Waals surface area contributed by atoms with Crippen LogP contribution in [-0.2, 0) is 4.79 Å². The van der Waals surface area contributed by atoms with Crippen LogP contribution in [0.3, 0.4) is 0 Å². The van der Waals surface area contributed by atoms with E-state index in [1.54, 1.807) is 30.3 Å². The maximum absolute atomic E-state index is 11.3. The number of hydrogen-bond acceptors (Lipinski definition) is 3. The summed E-state index contributed by atoms with van der Waals surface area (Å²) in [5.41, 5.74) is 0.854. The van der Waals surface area contributed by atoms with Crippen molar-refractivity contribution in [2.75, 3.05) is 13.2 Å². The number of aliphatic hydroxyl groups is 2. The number of amides is 1. The van der Waals surface area contributed by atoms with Gasteiger partial charge in [0, 0.05) is 17.6 Å². The third-order valence-corrected chi connectivity index (χ3v) is 2.27. The molecule has 4 nitrogen and oxygen atoms in total. The smallest absolute Gasteiger partial charge is 0.244 e. The third kappa shape index (κ3) is 5.49. The number of aliphatic hydroxyl groups excluding tert-OH is 2. The first kappa shape index (κ1) is 13.7. The highest BCUT2D eigenvalue weighted by Gasteiger charge is 2.02. The standard InChI is InChI=1S/C12H14ClNO3/c13-10-4-1-9(2-5-10)3-6-12(17)14-7-11(16)8-15/h1-6,11,15-16H,7-8H2,(H,14,17)/b6-3+/t11-/m1/s1. The zero-order valence-corrected chi connectivity index (χ0v) is 9.89. The van der Waals surface area contributed by atoms with Crippen molar-refractivity contribution in [3.8, 4) is 0 Å². The van der Waals surface area contributed by atoms with Gasteiger partial charge < -0.3 is 15.5 Å². The van der Waals surface area contributed by atoms with Crippen molar-refractivity contribution in [1.82, 2.24) is 5.32 Å². The Hall–Kier alpha value is -1.36. The van der Waals surface area contributed by atoms with Gasteiger partial charge in [-0.25, -0.2) is 0 Å². The van der Waals surface area contributed by atoms with Gasteiger partial charge in [0.05, 0.1) is 12.7 Å². The zero-order chi connectivity index (χ0) is 12.7. The highest BCUT2D eigenvalue weighted by Crippen LogP contribution is 2.10. The maximum Gasteiger partial charge on any atom is 0.244 e. The molecule has 5 heteroatoms. The quantitative estimate of drug-likeness (QED) is 0.683. The molecular weight excluding hydrogens is 242 g/mol. The van der Waals surface area contributed by atoms with Crippen LogP contribution >= 0.6 is 11.6 Å². The molecule has 1 amide bonds. The average Bonchev–Trinajstić information content (AvgIpc) is 2.35. The summed E-state index contributed by atoms with van der Waals surface area (Å²) in [7, 11) is 0. The monoisotopic (exact) mass is 255 g/mol. The number of halogens is 1.